The maximum absolute atomic E-state index is 11.6. The van der Waals surface area contributed by atoms with E-state index in [-0.39, 0.29) is 22.7 Å². The van der Waals surface area contributed by atoms with E-state index in [4.69, 9.17) is 0 Å². The van der Waals surface area contributed by atoms with Crippen molar-refractivity contribution in [2.45, 2.75) is 106 Å². The van der Waals surface area contributed by atoms with Crippen LogP contribution in [0.4, 0.5) is 0 Å². The Morgan fingerprint density at radius 2 is 1.78 bits per heavy atom. The molecule has 3 fully saturated rings. The predicted molar refractivity (Wildman–Crippen MR) is 133 cm³/mol. The van der Waals surface area contributed by atoms with E-state index in [1.807, 2.05) is 0 Å². The summed E-state index contributed by atoms with van der Waals surface area (Å²) in [5.74, 6) is 2.58. The first-order valence-electron chi connectivity index (χ1n) is 13.4. The highest BCUT2D eigenvalue weighted by Gasteiger charge is 2.65. The van der Waals surface area contributed by atoms with Crippen LogP contribution in [0.2, 0.25) is 0 Å². The van der Waals surface area contributed by atoms with Crippen LogP contribution < -0.4 is 0 Å². The van der Waals surface area contributed by atoms with Crippen LogP contribution in [0, 0.1) is 51.2 Å². The molecule has 2 nitrogen and oxygen atoms in total. The van der Waals surface area contributed by atoms with Crippen molar-refractivity contribution in [3.05, 3.63) is 23.8 Å². The van der Waals surface area contributed by atoms with E-state index in [0.29, 0.717) is 23.2 Å². The summed E-state index contributed by atoms with van der Waals surface area (Å²) < 4.78 is 0. The van der Waals surface area contributed by atoms with Gasteiger partial charge < -0.3 is 5.11 Å². The van der Waals surface area contributed by atoms with E-state index in [1.54, 1.807) is 5.57 Å². The Bertz CT molecular complexity index is 825. The average Bonchev–Trinajstić information content (AvgIpc) is 2.70. The first kappa shape index (κ1) is 24.1. The van der Waals surface area contributed by atoms with Crippen LogP contribution in [0.1, 0.15) is 106 Å². The number of aliphatic carboxylic acids is 1. The highest BCUT2D eigenvalue weighted by molar-refractivity contribution is 5.66. The Morgan fingerprint density at radius 3 is 2.41 bits per heavy atom. The molecule has 3 unspecified atom stereocenters. The van der Waals surface area contributed by atoms with E-state index < -0.39 is 5.97 Å². The third kappa shape index (κ3) is 3.21. The van der Waals surface area contributed by atoms with E-state index in [2.05, 4.69) is 61.1 Å². The first-order chi connectivity index (χ1) is 14.8. The molecule has 4 rings (SSSR count). The lowest BCUT2D eigenvalue weighted by Gasteiger charge is -2.69. The highest BCUT2D eigenvalue weighted by atomic mass is 16.4. The van der Waals surface area contributed by atoms with Crippen LogP contribution in [-0.4, -0.2) is 11.1 Å². The van der Waals surface area contributed by atoms with Gasteiger partial charge in [0.05, 0.1) is 0 Å². The molecule has 0 bridgehead atoms. The lowest BCUT2D eigenvalue weighted by molar-refractivity contribution is -0.150. The zero-order valence-corrected chi connectivity index (χ0v) is 21.9. The molecule has 4 aliphatic carbocycles. The third-order valence-corrected chi connectivity index (χ3v) is 12.1. The minimum absolute atomic E-state index is 0.00842. The zero-order chi connectivity index (χ0) is 23.7. The van der Waals surface area contributed by atoms with Gasteiger partial charge in [-0.3, -0.25) is 4.79 Å². The van der Waals surface area contributed by atoms with Gasteiger partial charge in [0.15, 0.2) is 0 Å². The predicted octanol–water partition coefficient (Wildman–Crippen LogP) is 8.28. The van der Waals surface area contributed by atoms with Gasteiger partial charge in [-0.25, -0.2) is 0 Å². The van der Waals surface area contributed by atoms with Crippen LogP contribution in [0.15, 0.2) is 23.8 Å². The number of allylic oxidation sites excluding steroid dienone is 3. The topological polar surface area (TPSA) is 37.3 Å². The van der Waals surface area contributed by atoms with Crippen molar-refractivity contribution in [3.8, 4) is 0 Å². The largest absolute Gasteiger partial charge is 0.481 e. The monoisotopic (exact) mass is 440 g/mol. The van der Waals surface area contributed by atoms with Gasteiger partial charge in [0.25, 0.3) is 0 Å². The maximum Gasteiger partial charge on any atom is 0.303 e. The van der Waals surface area contributed by atoms with Gasteiger partial charge in [-0.1, -0.05) is 65.3 Å². The maximum atomic E-state index is 11.6. The van der Waals surface area contributed by atoms with Gasteiger partial charge in [-0.15, -0.1) is 0 Å². The summed E-state index contributed by atoms with van der Waals surface area (Å²) in [6, 6.07) is 0. The molecule has 0 heterocycles. The highest BCUT2D eigenvalue weighted by Crippen LogP contribution is 2.74. The van der Waals surface area contributed by atoms with Gasteiger partial charge in [0.1, 0.15) is 0 Å². The van der Waals surface area contributed by atoms with Gasteiger partial charge in [-0.2, -0.15) is 0 Å². The van der Waals surface area contributed by atoms with E-state index in [0.717, 1.165) is 31.1 Å². The van der Waals surface area contributed by atoms with Gasteiger partial charge >= 0.3 is 5.97 Å². The van der Waals surface area contributed by atoms with Crippen molar-refractivity contribution < 1.29 is 9.90 Å². The molecule has 0 aromatic rings. The summed E-state index contributed by atoms with van der Waals surface area (Å²) in [6.07, 6.45) is 12.7. The van der Waals surface area contributed by atoms with Crippen LogP contribution >= 0.6 is 0 Å². The van der Waals surface area contributed by atoms with E-state index >= 15 is 0 Å². The Hall–Kier alpha value is -1.05. The molecule has 3 saturated carbocycles. The Kier molecular flexibility index (Phi) is 5.83. The van der Waals surface area contributed by atoms with Crippen LogP contribution in [0.5, 0.6) is 0 Å². The number of rotatable bonds is 4. The average molecular weight is 441 g/mol. The van der Waals surface area contributed by atoms with Crippen molar-refractivity contribution in [2.24, 2.45) is 51.2 Å². The lowest BCUT2D eigenvalue weighted by Crippen LogP contribution is -2.61. The second-order valence-electron chi connectivity index (χ2n) is 13.5. The molecule has 0 aliphatic heterocycles. The number of carbonyl (C=O) groups is 1. The molecular formula is C30H48O2. The summed E-state index contributed by atoms with van der Waals surface area (Å²) in [5, 5.41) is 9.56. The molecule has 0 saturated heterocycles. The lowest BCUT2D eigenvalue weighted by atomic mass is 9.35. The second-order valence-corrected chi connectivity index (χ2v) is 13.5. The molecule has 180 valence electrons. The second kappa shape index (κ2) is 7.74. The molecule has 0 amide bonds. The zero-order valence-electron chi connectivity index (χ0n) is 21.9. The van der Waals surface area contributed by atoms with E-state index in [1.165, 1.54) is 37.7 Å². The molecule has 0 radical (unpaired) electrons. The Balaban J connectivity index is 1.80. The van der Waals surface area contributed by atoms with Crippen molar-refractivity contribution in [3.63, 3.8) is 0 Å². The number of carboxylic acids is 1. The molecule has 1 N–H and O–H groups in total. The van der Waals surface area contributed by atoms with Gasteiger partial charge in [0, 0.05) is 6.42 Å². The fourth-order valence-corrected chi connectivity index (χ4v) is 9.76. The summed E-state index contributed by atoms with van der Waals surface area (Å²) >= 11 is 0. The fraction of sp³-hybridized carbons (Fsp3) is 0.833. The van der Waals surface area contributed by atoms with Crippen molar-refractivity contribution in [1.82, 2.24) is 0 Å². The normalized spacial score (nSPS) is 50.5. The van der Waals surface area contributed by atoms with E-state index in [9.17, 15) is 9.90 Å². The van der Waals surface area contributed by atoms with Crippen molar-refractivity contribution in [1.29, 1.82) is 0 Å². The molecule has 0 aromatic heterocycles. The van der Waals surface area contributed by atoms with Gasteiger partial charge in [-0.05, 0) is 110 Å². The molecular weight excluding hydrogens is 392 g/mol. The van der Waals surface area contributed by atoms with Crippen LogP contribution in [0.3, 0.4) is 0 Å². The number of hydrogen-bond donors (Lipinski definition) is 1. The molecule has 32 heavy (non-hydrogen) atoms. The fourth-order valence-electron chi connectivity index (χ4n) is 9.76. The third-order valence-electron chi connectivity index (χ3n) is 12.1. The van der Waals surface area contributed by atoms with Crippen molar-refractivity contribution in [2.75, 3.05) is 0 Å². The summed E-state index contributed by atoms with van der Waals surface area (Å²) in [4.78, 5) is 11.6. The smallest absolute Gasteiger partial charge is 0.303 e. The summed E-state index contributed by atoms with van der Waals surface area (Å²) in [6.45, 7) is 21.8. The standard InChI is InChI=1S/C30H48O2/c1-19(2)22-12-16-30(8)24(28(22,6)15-13-25(31)32)10-9-23-26-21(4)20(3)11-14-27(26,5)17-18-29(23,30)7/h9,20-22,24,26H,1,10-18H2,2-8H3,(H,31,32)/t20-,21+,22?,24?,26?,27+,28-,29+,30+/m0/s1. The summed E-state index contributed by atoms with van der Waals surface area (Å²) in [5.41, 5.74) is 3.98. The summed E-state index contributed by atoms with van der Waals surface area (Å²) in [7, 11) is 0. The number of carboxylic acid groups (broad SMARTS) is 1. The number of fused-ring (bicyclic) bond motifs is 5. The van der Waals surface area contributed by atoms with Gasteiger partial charge in [0.2, 0.25) is 0 Å². The first-order valence-corrected chi connectivity index (χ1v) is 13.4. The molecule has 4 aliphatic rings. The Morgan fingerprint density at radius 1 is 1.09 bits per heavy atom. The molecule has 2 heteroatoms. The quantitative estimate of drug-likeness (QED) is 0.446. The SMILES string of the molecule is C=C(C)C1CC[C@]2(C)C(CC=C3C4[C@H](C)[C@@H](C)CC[C@]4(C)CC[C@]32C)[C@@]1(C)CCC(=O)O. The Labute approximate surface area is 197 Å². The minimum Gasteiger partial charge on any atom is -0.481 e. The number of hydrogen-bond acceptors (Lipinski definition) is 1. The van der Waals surface area contributed by atoms with Crippen LogP contribution in [0.25, 0.3) is 0 Å². The minimum atomic E-state index is -0.657. The molecule has 0 spiro atoms. The van der Waals surface area contributed by atoms with Crippen molar-refractivity contribution >= 4 is 5.97 Å². The van der Waals surface area contributed by atoms with Crippen LogP contribution in [-0.2, 0) is 4.79 Å². The molecule has 9 atom stereocenters. The molecule has 0 aromatic carbocycles.